The van der Waals surface area contributed by atoms with Gasteiger partial charge in [0, 0.05) is 54.0 Å². The first-order valence-electron chi connectivity index (χ1n) is 12.1. The van der Waals surface area contributed by atoms with Crippen LogP contribution in [0.4, 0.5) is 17.1 Å². The summed E-state index contributed by atoms with van der Waals surface area (Å²) in [5, 5.41) is 15.2. The van der Waals surface area contributed by atoms with Crippen LogP contribution in [-0.2, 0) is 0 Å². The van der Waals surface area contributed by atoms with Crippen molar-refractivity contribution in [3.63, 3.8) is 0 Å². The standard InChI is InChI=1S/C28H29Cl2N5O2/c1-34(2)24-17-21(30)16-23(28(37)32-22-12-10-20(29)11-13-22)25(24)33-27(36)19-8-6-18(7-9-19)26(31)35-14-4-3-5-15-35/h6-13,16-17,31H,3-5,14-15H2,1-2H3,(H,32,37)(H,33,36). The van der Waals surface area contributed by atoms with Gasteiger partial charge in [-0.25, -0.2) is 0 Å². The molecular formula is C28H29Cl2N5O2. The van der Waals surface area contributed by atoms with Gasteiger partial charge in [-0.2, -0.15) is 0 Å². The maximum absolute atomic E-state index is 13.3. The quantitative estimate of drug-likeness (QED) is 0.251. The fourth-order valence-electron chi connectivity index (χ4n) is 4.25. The van der Waals surface area contributed by atoms with Crippen LogP contribution in [-0.4, -0.2) is 49.7 Å². The number of amides is 2. The molecule has 0 radical (unpaired) electrons. The maximum Gasteiger partial charge on any atom is 0.257 e. The van der Waals surface area contributed by atoms with E-state index in [1.165, 1.54) is 12.5 Å². The van der Waals surface area contributed by atoms with Crippen molar-refractivity contribution in [2.24, 2.45) is 0 Å². The Morgan fingerprint density at radius 1 is 0.811 bits per heavy atom. The maximum atomic E-state index is 13.3. The molecule has 0 aliphatic carbocycles. The van der Waals surface area contributed by atoms with Gasteiger partial charge >= 0.3 is 0 Å². The highest BCUT2D eigenvalue weighted by atomic mass is 35.5. The number of likely N-dealkylation sites (tertiary alicyclic amines) is 1. The number of nitrogens with one attached hydrogen (secondary N) is 3. The number of piperidine rings is 1. The first kappa shape index (κ1) is 26.5. The van der Waals surface area contributed by atoms with Crippen molar-refractivity contribution in [3.8, 4) is 0 Å². The molecule has 1 saturated heterocycles. The van der Waals surface area contributed by atoms with E-state index >= 15 is 0 Å². The summed E-state index contributed by atoms with van der Waals surface area (Å²) >= 11 is 12.3. The van der Waals surface area contributed by atoms with Gasteiger partial charge < -0.3 is 20.4 Å². The number of hydrogen-bond acceptors (Lipinski definition) is 4. The molecule has 37 heavy (non-hydrogen) atoms. The number of halogens is 2. The van der Waals surface area contributed by atoms with E-state index in [2.05, 4.69) is 15.5 Å². The zero-order chi connectivity index (χ0) is 26.5. The van der Waals surface area contributed by atoms with Gasteiger partial charge in [0.1, 0.15) is 5.84 Å². The summed E-state index contributed by atoms with van der Waals surface area (Å²) in [6, 6.07) is 16.9. The van der Waals surface area contributed by atoms with Crippen LogP contribution in [0.5, 0.6) is 0 Å². The lowest BCUT2D eigenvalue weighted by molar-refractivity contribution is 0.102. The third-order valence-electron chi connectivity index (χ3n) is 6.24. The van der Waals surface area contributed by atoms with Gasteiger partial charge in [0.05, 0.1) is 16.9 Å². The van der Waals surface area contributed by atoms with Crippen molar-refractivity contribution in [3.05, 3.63) is 87.4 Å². The largest absolute Gasteiger partial charge is 0.376 e. The third kappa shape index (κ3) is 6.42. The van der Waals surface area contributed by atoms with E-state index in [0.717, 1.165) is 31.5 Å². The summed E-state index contributed by atoms with van der Waals surface area (Å²) in [6.07, 6.45) is 3.38. The fourth-order valence-corrected chi connectivity index (χ4v) is 4.59. The summed E-state index contributed by atoms with van der Waals surface area (Å²) in [4.78, 5) is 30.3. The summed E-state index contributed by atoms with van der Waals surface area (Å²) in [5.74, 6) is -0.323. The van der Waals surface area contributed by atoms with Gasteiger partial charge in [-0.05, 0) is 67.8 Å². The molecule has 0 spiro atoms. The van der Waals surface area contributed by atoms with Crippen LogP contribution in [0, 0.1) is 5.41 Å². The summed E-state index contributed by atoms with van der Waals surface area (Å²) in [7, 11) is 3.62. The third-order valence-corrected chi connectivity index (χ3v) is 6.71. The monoisotopic (exact) mass is 537 g/mol. The van der Waals surface area contributed by atoms with Crippen LogP contribution >= 0.6 is 23.2 Å². The van der Waals surface area contributed by atoms with Gasteiger partial charge in [0.2, 0.25) is 0 Å². The highest BCUT2D eigenvalue weighted by molar-refractivity contribution is 6.32. The van der Waals surface area contributed by atoms with Crippen molar-refractivity contribution >= 4 is 57.9 Å². The molecular weight excluding hydrogens is 509 g/mol. The van der Waals surface area contributed by atoms with Crippen LogP contribution in [0.15, 0.2) is 60.7 Å². The Balaban J connectivity index is 1.58. The normalized spacial score (nSPS) is 13.1. The molecule has 0 unspecified atom stereocenters. The Labute approximate surface area is 226 Å². The number of amidine groups is 1. The van der Waals surface area contributed by atoms with Crippen molar-refractivity contribution in [1.82, 2.24) is 4.90 Å². The molecule has 3 aromatic carbocycles. The molecule has 9 heteroatoms. The Morgan fingerprint density at radius 2 is 1.43 bits per heavy atom. The highest BCUT2D eigenvalue weighted by Gasteiger charge is 2.21. The Kier molecular flexibility index (Phi) is 8.36. The van der Waals surface area contributed by atoms with Crippen molar-refractivity contribution in [1.29, 1.82) is 5.41 Å². The number of carbonyl (C=O) groups excluding carboxylic acids is 2. The lowest BCUT2D eigenvalue weighted by Crippen LogP contribution is -2.35. The van der Waals surface area contributed by atoms with Crippen LogP contribution in [0.1, 0.15) is 45.5 Å². The second kappa shape index (κ2) is 11.7. The number of rotatable bonds is 6. The smallest absolute Gasteiger partial charge is 0.257 e. The lowest BCUT2D eigenvalue weighted by Gasteiger charge is -2.29. The van der Waals surface area contributed by atoms with Crippen molar-refractivity contribution in [2.75, 3.05) is 42.7 Å². The van der Waals surface area contributed by atoms with Crippen LogP contribution in [0.3, 0.4) is 0 Å². The van der Waals surface area contributed by atoms with Gasteiger partial charge in [-0.1, -0.05) is 35.3 Å². The zero-order valence-electron chi connectivity index (χ0n) is 20.8. The zero-order valence-corrected chi connectivity index (χ0v) is 22.3. The minimum absolute atomic E-state index is 0.225. The molecule has 0 saturated carbocycles. The number of nitrogens with zero attached hydrogens (tertiary/aromatic N) is 2. The van der Waals surface area contributed by atoms with E-state index in [-0.39, 0.29) is 11.5 Å². The van der Waals surface area contributed by atoms with Crippen LogP contribution in [0.25, 0.3) is 0 Å². The van der Waals surface area contributed by atoms with Crippen LogP contribution < -0.4 is 15.5 Å². The second-order valence-electron chi connectivity index (χ2n) is 9.13. The van der Waals surface area contributed by atoms with E-state index in [1.807, 2.05) is 14.1 Å². The van der Waals surface area contributed by atoms with E-state index in [1.54, 1.807) is 59.5 Å². The average molecular weight is 538 g/mol. The molecule has 0 bridgehead atoms. The number of carbonyl (C=O) groups is 2. The first-order chi connectivity index (χ1) is 17.7. The molecule has 3 aromatic rings. The molecule has 7 nitrogen and oxygen atoms in total. The van der Waals surface area contributed by atoms with Gasteiger partial charge in [-0.3, -0.25) is 15.0 Å². The van der Waals surface area contributed by atoms with Crippen molar-refractivity contribution in [2.45, 2.75) is 19.3 Å². The molecule has 0 aromatic heterocycles. The van der Waals surface area contributed by atoms with E-state index in [9.17, 15) is 9.59 Å². The summed E-state index contributed by atoms with van der Waals surface area (Å²) in [5.41, 5.74) is 2.90. The van der Waals surface area contributed by atoms with Gasteiger partial charge in [0.15, 0.2) is 0 Å². The minimum Gasteiger partial charge on any atom is -0.376 e. The lowest BCUT2D eigenvalue weighted by atomic mass is 10.1. The summed E-state index contributed by atoms with van der Waals surface area (Å²) < 4.78 is 0. The highest BCUT2D eigenvalue weighted by Crippen LogP contribution is 2.33. The predicted octanol–water partition coefficient (Wildman–Crippen LogP) is 6.38. The predicted molar refractivity (Wildman–Crippen MR) is 152 cm³/mol. The molecule has 1 heterocycles. The summed E-state index contributed by atoms with van der Waals surface area (Å²) in [6.45, 7) is 1.76. The first-order valence-corrected chi connectivity index (χ1v) is 12.8. The molecule has 1 aliphatic rings. The van der Waals surface area contributed by atoms with E-state index in [4.69, 9.17) is 28.6 Å². The number of hydrogen-bond donors (Lipinski definition) is 3. The van der Waals surface area contributed by atoms with E-state index in [0.29, 0.717) is 38.5 Å². The minimum atomic E-state index is -0.423. The SMILES string of the molecule is CN(C)c1cc(Cl)cc(C(=O)Nc2ccc(Cl)cc2)c1NC(=O)c1ccc(C(=N)N2CCCCC2)cc1. The Morgan fingerprint density at radius 3 is 2.05 bits per heavy atom. The molecule has 192 valence electrons. The van der Waals surface area contributed by atoms with Gasteiger partial charge in [-0.15, -0.1) is 0 Å². The van der Waals surface area contributed by atoms with Crippen LogP contribution in [0.2, 0.25) is 10.0 Å². The molecule has 1 aliphatic heterocycles. The van der Waals surface area contributed by atoms with Gasteiger partial charge in [0.25, 0.3) is 11.8 Å². The Hall–Kier alpha value is -3.55. The molecule has 2 amide bonds. The second-order valence-corrected chi connectivity index (χ2v) is 10.0. The molecule has 4 rings (SSSR count). The molecule has 1 fully saturated rings. The number of anilines is 3. The fraction of sp³-hybridized carbons (Fsp3) is 0.250. The van der Waals surface area contributed by atoms with Crippen molar-refractivity contribution < 1.29 is 9.59 Å². The molecule has 3 N–H and O–H groups in total. The topological polar surface area (TPSA) is 88.5 Å². The average Bonchev–Trinajstić information content (AvgIpc) is 2.90. The molecule has 0 atom stereocenters. The number of benzene rings is 3. The van der Waals surface area contributed by atoms with E-state index < -0.39 is 5.91 Å². The Bertz CT molecular complexity index is 1300.